The molecule has 144 valence electrons. The Labute approximate surface area is 163 Å². The summed E-state index contributed by atoms with van der Waals surface area (Å²) in [5.41, 5.74) is 3.79. The molecule has 0 radical (unpaired) electrons. The molecule has 3 heteroatoms. The number of nitrogens with one attached hydrogen (secondary N) is 1. The van der Waals surface area contributed by atoms with Gasteiger partial charge in [-0.15, -0.1) is 0 Å². The largest absolute Gasteiger partial charge is 0.481 e. The first kappa shape index (κ1) is 19.5. The molecule has 0 saturated heterocycles. The number of carbonyl (C=O) groups excluding carboxylic acids is 1. The molecule has 1 amide bonds. The maximum absolute atomic E-state index is 12.8. The van der Waals surface area contributed by atoms with Gasteiger partial charge in [0.1, 0.15) is 5.75 Å². The van der Waals surface area contributed by atoms with Crippen LogP contribution in [0.3, 0.4) is 0 Å². The van der Waals surface area contributed by atoms with E-state index in [4.69, 9.17) is 4.74 Å². The molecule has 0 unspecified atom stereocenters. The average Bonchev–Trinajstić information content (AvgIpc) is 2.68. The second kappa shape index (κ2) is 9.07. The Bertz CT molecular complexity index is 754. The molecule has 0 heterocycles. The number of benzene rings is 2. The van der Waals surface area contributed by atoms with Crippen LogP contribution in [0.4, 0.5) is 0 Å². The fourth-order valence-corrected chi connectivity index (χ4v) is 3.82. The monoisotopic (exact) mass is 365 g/mol. The first-order valence-electron chi connectivity index (χ1n) is 10.2. The number of ether oxygens (including phenoxy) is 1. The van der Waals surface area contributed by atoms with Gasteiger partial charge in [-0.25, -0.2) is 0 Å². The summed E-state index contributed by atoms with van der Waals surface area (Å²) in [6.45, 7) is 6.20. The van der Waals surface area contributed by atoms with Crippen LogP contribution in [0.1, 0.15) is 62.8 Å². The Morgan fingerprint density at radius 1 is 1.00 bits per heavy atom. The zero-order valence-electron chi connectivity index (χ0n) is 16.7. The van der Waals surface area contributed by atoms with Crippen molar-refractivity contribution < 1.29 is 9.53 Å². The predicted molar refractivity (Wildman–Crippen MR) is 110 cm³/mol. The third-order valence-electron chi connectivity index (χ3n) is 5.25. The number of rotatable bonds is 7. The van der Waals surface area contributed by atoms with Crippen LogP contribution >= 0.6 is 0 Å². The van der Waals surface area contributed by atoms with Gasteiger partial charge in [0.2, 0.25) is 0 Å². The Hall–Kier alpha value is -2.29. The van der Waals surface area contributed by atoms with Crippen molar-refractivity contribution in [2.24, 2.45) is 5.92 Å². The maximum atomic E-state index is 12.8. The normalized spacial score (nSPS) is 15.7. The van der Waals surface area contributed by atoms with Gasteiger partial charge in [0.05, 0.1) is 6.04 Å². The Kier molecular flexibility index (Phi) is 6.54. The van der Waals surface area contributed by atoms with Crippen LogP contribution in [0.25, 0.3) is 0 Å². The topological polar surface area (TPSA) is 38.3 Å². The van der Waals surface area contributed by atoms with E-state index in [1.807, 2.05) is 37.3 Å². The molecule has 0 spiro atoms. The summed E-state index contributed by atoms with van der Waals surface area (Å²) in [5.74, 6) is 1.31. The van der Waals surface area contributed by atoms with Gasteiger partial charge in [-0.1, -0.05) is 56.3 Å². The van der Waals surface area contributed by atoms with Crippen molar-refractivity contribution in [3.8, 4) is 5.75 Å². The van der Waals surface area contributed by atoms with E-state index in [9.17, 15) is 4.79 Å². The summed E-state index contributed by atoms with van der Waals surface area (Å²) in [7, 11) is 0. The predicted octanol–water partition coefficient (Wildman–Crippen LogP) is 5.24. The summed E-state index contributed by atoms with van der Waals surface area (Å²) in [4.78, 5) is 12.8. The molecule has 1 N–H and O–H groups in total. The number of fused-ring (bicyclic) bond motifs is 1. The lowest BCUT2D eigenvalue weighted by Gasteiger charge is -2.25. The van der Waals surface area contributed by atoms with Gasteiger partial charge in [0, 0.05) is 0 Å². The van der Waals surface area contributed by atoms with Crippen molar-refractivity contribution in [2.75, 3.05) is 0 Å². The molecule has 0 fully saturated rings. The molecule has 2 aromatic rings. The van der Waals surface area contributed by atoms with Crippen molar-refractivity contribution in [1.82, 2.24) is 5.32 Å². The lowest BCUT2D eigenvalue weighted by molar-refractivity contribution is -0.128. The molecule has 0 aromatic heterocycles. The van der Waals surface area contributed by atoms with E-state index < -0.39 is 6.10 Å². The molecule has 1 aliphatic carbocycles. The fraction of sp³-hybridized carbons (Fsp3) is 0.458. The molecule has 1 aliphatic rings. The summed E-state index contributed by atoms with van der Waals surface area (Å²) in [6, 6.07) is 16.4. The highest BCUT2D eigenvalue weighted by molar-refractivity contribution is 5.81. The Morgan fingerprint density at radius 2 is 1.74 bits per heavy atom. The minimum Gasteiger partial charge on any atom is -0.481 e. The van der Waals surface area contributed by atoms with Crippen molar-refractivity contribution in [1.29, 1.82) is 0 Å². The molecule has 0 saturated carbocycles. The van der Waals surface area contributed by atoms with Crippen molar-refractivity contribution >= 4 is 5.91 Å². The molecule has 2 atom stereocenters. The quantitative estimate of drug-likeness (QED) is 0.729. The molecule has 0 bridgehead atoms. The van der Waals surface area contributed by atoms with E-state index in [0.717, 1.165) is 30.6 Å². The van der Waals surface area contributed by atoms with Crippen molar-refractivity contribution in [3.05, 3.63) is 65.2 Å². The molecule has 3 rings (SSSR count). The highest BCUT2D eigenvalue weighted by Crippen LogP contribution is 2.30. The van der Waals surface area contributed by atoms with Gasteiger partial charge in [-0.05, 0) is 67.7 Å². The average molecular weight is 366 g/mol. The van der Waals surface area contributed by atoms with Crippen LogP contribution in [0.5, 0.6) is 5.75 Å². The first-order valence-corrected chi connectivity index (χ1v) is 10.2. The smallest absolute Gasteiger partial charge is 0.261 e. The number of carbonyl (C=O) groups is 1. The van der Waals surface area contributed by atoms with E-state index in [1.165, 1.54) is 24.0 Å². The Morgan fingerprint density at radius 3 is 2.48 bits per heavy atom. The van der Waals surface area contributed by atoms with Gasteiger partial charge in [0.15, 0.2) is 6.10 Å². The van der Waals surface area contributed by atoms with Gasteiger partial charge in [-0.3, -0.25) is 4.79 Å². The zero-order valence-corrected chi connectivity index (χ0v) is 16.7. The van der Waals surface area contributed by atoms with Crippen LogP contribution < -0.4 is 10.1 Å². The number of amides is 1. The molecular weight excluding hydrogens is 334 g/mol. The SMILES string of the molecule is CC(C)C[C@H](NC(=O)[C@H](C)Oc1cccc2c1CCCC2)c1ccccc1. The van der Waals surface area contributed by atoms with Crippen LogP contribution in [0.2, 0.25) is 0 Å². The van der Waals surface area contributed by atoms with Crippen LogP contribution in [-0.4, -0.2) is 12.0 Å². The van der Waals surface area contributed by atoms with Gasteiger partial charge in [-0.2, -0.15) is 0 Å². The molecule has 3 nitrogen and oxygen atoms in total. The first-order chi connectivity index (χ1) is 13.0. The second-order valence-corrected chi connectivity index (χ2v) is 7.96. The van der Waals surface area contributed by atoms with Gasteiger partial charge < -0.3 is 10.1 Å². The summed E-state index contributed by atoms with van der Waals surface area (Å²) >= 11 is 0. The summed E-state index contributed by atoms with van der Waals surface area (Å²) < 4.78 is 6.10. The summed E-state index contributed by atoms with van der Waals surface area (Å²) in [5, 5.41) is 3.20. The molecule has 27 heavy (non-hydrogen) atoms. The van der Waals surface area contributed by atoms with Crippen LogP contribution in [0.15, 0.2) is 48.5 Å². The fourth-order valence-electron chi connectivity index (χ4n) is 3.82. The number of hydrogen-bond donors (Lipinski definition) is 1. The second-order valence-electron chi connectivity index (χ2n) is 7.96. The van der Waals surface area contributed by atoms with Crippen LogP contribution in [-0.2, 0) is 17.6 Å². The van der Waals surface area contributed by atoms with Crippen molar-refractivity contribution in [3.63, 3.8) is 0 Å². The highest BCUT2D eigenvalue weighted by atomic mass is 16.5. The van der Waals surface area contributed by atoms with E-state index in [-0.39, 0.29) is 11.9 Å². The minimum absolute atomic E-state index is 0.00874. The number of aryl methyl sites for hydroxylation is 1. The lowest BCUT2D eigenvalue weighted by atomic mass is 9.91. The maximum Gasteiger partial charge on any atom is 0.261 e. The van der Waals surface area contributed by atoms with Crippen molar-refractivity contribution in [2.45, 2.75) is 65.0 Å². The molecule has 2 aromatic carbocycles. The van der Waals surface area contributed by atoms with Gasteiger partial charge >= 0.3 is 0 Å². The minimum atomic E-state index is -0.517. The van der Waals surface area contributed by atoms with E-state index in [2.05, 4.69) is 37.4 Å². The van der Waals surface area contributed by atoms with Crippen LogP contribution in [0, 0.1) is 5.92 Å². The van der Waals surface area contributed by atoms with E-state index >= 15 is 0 Å². The van der Waals surface area contributed by atoms with Gasteiger partial charge in [0.25, 0.3) is 5.91 Å². The lowest BCUT2D eigenvalue weighted by Crippen LogP contribution is -2.39. The molecule has 0 aliphatic heterocycles. The Balaban J connectivity index is 1.69. The standard InChI is InChI=1S/C24H31NO2/c1-17(2)16-22(20-11-5-4-6-12-20)25-24(26)18(3)27-23-15-9-13-19-10-7-8-14-21(19)23/h4-6,9,11-13,15,17-18,22H,7-8,10,14,16H2,1-3H3,(H,25,26)/t18-,22-/m0/s1. The molecular formula is C24H31NO2. The van der Waals surface area contributed by atoms with E-state index in [1.54, 1.807) is 0 Å². The number of hydrogen-bond acceptors (Lipinski definition) is 2. The third kappa shape index (κ3) is 5.12. The summed E-state index contributed by atoms with van der Waals surface area (Å²) in [6.07, 6.45) is 4.97. The third-order valence-corrected chi connectivity index (χ3v) is 5.25. The van der Waals surface area contributed by atoms with E-state index in [0.29, 0.717) is 5.92 Å². The highest BCUT2D eigenvalue weighted by Gasteiger charge is 2.23. The zero-order chi connectivity index (χ0) is 19.2.